The molecule has 0 aliphatic heterocycles. The SMILES string of the molecule is Cc1nc(C(=O)NCC(C)CCl)cs1. The number of thiazole rings is 1. The molecule has 0 bridgehead atoms. The molecular weight excluding hydrogens is 220 g/mol. The fraction of sp³-hybridized carbons (Fsp3) is 0.556. The highest BCUT2D eigenvalue weighted by Crippen LogP contribution is 2.07. The summed E-state index contributed by atoms with van der Waals surface area (Å²) in [7, 11) is 0. The fourth-order valence-electron chi connectivity index (χ4n) is 0.880. The van der Waals surface area contributed by atoms with Crippen molar-refractivity contribution < 1.29 is 4.79 Å². The van der Waals surface area contributed by atoms with Gasteiger partial charge >= 0.3 is 0 Å². The molecule has 1 heterocycles. The van der Waals surface area contributed by atoms with Crippen molar-refractivity contribution in [3.63, 3.8) is 0 Å². The zero-order chi connectivity index (χ0) is 10.6. The Morgan fingerprint density at radius 2 is 2.50 bits per heavy atom. The van der Waals surface area contributed by atoms with E-state index in [1.165, 1.54) is 11.3 Å². The monoisotopic (exact) mass is 232 g/mol. The highest BCUT2D eigenvalue weighted by Gasteiger charge is 2.09. The smallest absolute Gasteiger partial charge is 0.270 e. The van der Waals surface area contributed by atoms with Crippen molar-refractivity contribution in [2.75, 3.05) is 12.4 Å². The first-order chi connectivity index (χ1) is 6.63. The Bertz CT molecular complexity index is 314. The van der Waals surface area contributed by atoms with Gasteiger partial charge in [0.15, 0.2) is 0 Å². The van der Waals surface area contributed by atoms with Crippen LogP contribution in [0, 0.1) is 12.8 Å². The zero-order valence-corrected chi connectivity index (χ0v) is 9.78. The van der Waals surface area contributed by atoms with Crippen LogP contribution in [0.3, 0.4) is 0 Å². The average molecular weight is 233 g/mol. The van der Waals surface area contributed by atoms with Gasteiger partial charge in [0.25, 0.3) is 5.91 Å². The van der Waals surface area contributed by atoms with E-state index >= 15 is 0 Å². The molecule has 0 aromatic carbocycles. The first kappa shape index (κ1) is 11.5. The van der Waals surface area contributed by atoms with E-state index in [1.54, 1.807) is 5.38 Å². The molecule has 78 valence electrons. The molecular formula is C9H13ClN2OS. The van der Waals surface area contributed by atoms with Gasteiger partial charge < -0.3 is 5.32 Å². The topological polar surface area (TPSA) is 42.0 Å². The van der Waals surface area contributed by atoms with E-state index in [0.29, 0.717) is 24.0 Å². The zero-order valence-electron chi connectivity index (χ0n) is 8.21. The number of nitrogens with one attached hydrogen (secondary N) is 1. The van der Waals surface area contributed by atoms with Crippen molar-refractivity contribution >= 4 is 28.8 Å². The predicted octanol–water partition coefficient (Wildman–Crippen LogP) is 2.06. The third-order valence-corrected chi connectivity index (χ3v) is 3.03. The summed E-state index contributed by atoms with van der Waals surface area (Å²) in [4.78, 5) is 15.6. The van der Waals surface area contributed by atoms with Crippen molar-refractivity contribution in [3.05, 3.63) is 16.1 Å². The van der Waals surface area contributed by atoms with Gasteiger partial charge in [-0.05, 0) is 12.8 Å². The number of aromatic nitrogens is 1. The minimum absolute atomic E-state index is 0.119. The maximum Gasteiger partial charge on any atom is 0.270 e. The Hall–Kier alpha value is -0.610. The highest BCUT2D eigenvalue weighted by molar-refractivity contribution is 7.09. The molecule has 0 radical (unpaired) electrons. The highest BCUT2D eigenvalue weighted by atomic mass is 35.5. The summed E-state index contributed by atoms with van der Waals surface area (Å²) in [5.74, 6) is 0.725. The molecule has 1 unspecified atom stereocenters. The molecule has 0 saturated carbocycles. The number of rotatable bonds is 4. The number of hydrogen-bond donors (Lipinski definition) is 1. The lowest BCUT2D eigenvalue weighted by molar-refractivity contribution is 0.0945. The van der Waals surface area contributed by atoms with Gasteiger partial charge in [0.2, 0.25) is 0 Å². The lowest BCUT2D eigenvalue weighted by atomic mass is 10.2. The molecule has 5 heteroatoms. The van der Waals surface area contributed by atoms with Crippen molar-refractivity contribution in [1.82, 2.24) is 10.3 Å². The maximum atomic E-state index is 11.5. The Labute approximate surface area is 92.5 Å². The van der Waals surface area contributed by atoms with E-state index in [0.717, 1.165) is 5.01 Å². The van der Waals surface area contributed by atoms with Gasteiger partial charge in [-0.2, -0.15) is 0 Å². The van der Waals surface area contributed by atoms with Crippen molar-refractivity contribution in [2.45, 2.75) is 13.8 Å². The molecule has 14 heavy (non-hydrogen) atoms. The Morgan fingerprint density at radius 3 is 3.00 bits per heavy atom. The number of carbonyl (C=O) groups excluding carboxylic acids is 1. The van der Waals surface area contributed by atoms with Gasteiger partial charge in [-0.3, -0.25) is 4.79 Å². The van der Waals surface area contributed by atoms with Gasteiger partial charge in [0.05, 0.1) is 5.01 Å². The Balaban J connectivity index is 2.43. The van der Waals surface area contributed by atoms with E-state index in [9.17, 15) is 4.79 Å². The standard InChI is InChI=1S/C9H13ClN2OS/c1-6(3-10)4-11-9(13)8-5-14-7(2)12-8/h5-6H,3-4H2,1-2H3,(H,11,13). The summed E-state index contributed by atoms with van der Waals surface area (Å²) in [5.41, 5.74) is 0.495. The molecule has 1 rings (SSSR count). The second-order valence-corrected chi connectivity index (χ2v) is 4.59. The third-order valence-electron chi connectivity index (χ3n) is 1.73. The molecule has 0 fully saturated rings. The normalized spacial score (nSPS) is 12.5. The van der Waals surface area contributed by atoms with Crippen LogP contribution in [0.4, 0.5) is 0 Å². The number of amides is 1. The van der Waals surface area contributed by atoms with Crippen LogP contribution in [0.5, 0.6) is 0 Å². The van der Waals surface area contributed by atoms with Crippen LogP contribution in [0.25, 0.3) is 0 Å². The summed E-state index contributed by atoms with van der Waals surface area (Å²) in [6, 6.07) is 0. The van der Waals surface area contributed by atoms with Crippen molar-refractivity contribution in [2.24, 2.45) is 5.92 Å². The second-order valence-electron chi connectivity index (χ2n) is 3.22. The number of alkyl halides is 1. The number of carbonyl (C=O) groups is 1. The number of nitrogens with zero attached hydrogens (tertiary/aromatic N) is 1. The van der Waals surface area contributed by atoms with Crippen molar-refractivity contribution in [3.8, 4) is 0 Å². The Kier molecular flexibility index (Phi) is 4.35. The molecule has 0 spiro atoms. The number of hydrogen-bond acceptors (Lipinski definition) is 3. The van der Waals surface area contributed by atoms with Gasteiger partial charge in [-0.25, -0.2) is 4.98 Å². The molecule has 1 N–H and O–H groups in total. The molecule has 1 aromatic heterocycles. The second kappa shape index (κ2) is 5.32. The van der Waals surface area contributed by atoms with Gasteiger partial charge in [-0.1, -0.05) is 6.92 Å². The van der Waals surface area contributed by atoms with Gasteiger partial charge in [0.1, 0.15) is 5.69 Å². The third kappa shape index (κ3) is 3.27. The summed E-state index contributed by atoms with van der Waals surface area (Å²) in [6.07, 6.45) is 0. The van der Waals surface area contributed by atoms with Gasteiger partial charge in [0, 0.05) is 17.8 Å². The van der Waals surface area contributed by atoms with E-state index in [4.69, 9.17) is 11.6 Å². The van der Waals surface area contributed by atoms with E-state index < -0.39 is 0 Å². The summed E-state index contributed by atoms with van der Waals surface area (Å²) >= 11 is 7.10. The molecule has 0 aliphatic carbocycles. The predicted molar refractivity (Wildman–Crippen MR) is 59.1 cm³/mol. The van der Waals surface area contributed by atoms with E-state index in [2.05, 4.69) is 10.3 Å². The minimum atomic E-state index is -0.119. The Morgan fingerprint density at radius 1 is 1.79 bits per heavy atom. The number of aryl methyl sites for hydroxylation is 1. The molecule has 1 atom stereocenters. The summed E-state index contributed by atoms with van der Waals surface area (Å²) in [6.45, 7) is 4.46. The first-order valence-corrected chi connectivity index (χ1v) is 5.81. The van der Waals surface area contributed by atoms with Crippen LogP contribution in [0.1, 0.15) is 22.4 Å². The van der Waals surface area contributed by atoms with Crippen LogP contribution in [0.2, 0.25) is 0 Å². The van der Waals surface area contributed by atoms with Crippen LogP contribution in [-0.4, -0.2) is 23.3 Å². The van der Waals surface area contributed by atoms with Crippen LogP contribution in [-0.2, 0) is 0 Å². The molecule has 1 amide bonds. The largest absolute Gasteiger partial charge is 0.350 e. The quantitative estimate of drug-likeness (QED) is 0.808. The lowest BCUT2D eigenvalue weighted by Crippen LogP contribution is -2.29. The lowest BCUT2D eigenvalue weighted by Gasteiger charge is -2.07. The first-order valence-electron chi connectivity index (χ1n) is 4.39. The molecule has 0 saturated heterocycles. The van der Waals surface area contributed by atoms with Crippen LogP contribution < -0.4 is 5.32 Å². The minimum Gasteiger partial charge on any atom is -0.350 e. The van der Waals surface area contributed by atoms with Gasteiger partial charge in [-0.15, -0.1) is 22.9 Å². The summed E-state index contributed by atoms with van der Waals surface area (Å²) in [5, 5.41) is 5.45. The summed E-state index contributed by atoms with van der Waals surface area (Å²) < 4.78 is 0. The van der Waals surface area contributed by atoms with Crippen molar-refractivity contribution in [1.29, 1.82) is 0 Å². The molecule has 1 aromatic rings. The molecule has 0 aliphatic rings. The van der Waals surface area contributed by atoms with E-state index in [1.807, 2.05) is 13.8 Å². The number of halogens is 1. The van der Waals surface area contributed by atoms with E-state index in [-0.39, 0.29) is 5.91 Å². The fourth-order valence-corrected chi connectivity index (χ4v) is 1.58. The van der Waals surface area contributed by atoms with Crippen LogP contribution in [0.15, 0.2) is 5.38 Å². The maximum absolute atomic E-state index is 11.5. The van der Waals surface area contributed by atoms with Crippen LogP contribution >= 0.6 is 22.9 Å². The average Bonchev–Trinajstić information content (AvgIpc) is 2.60. The molecule has 3 nitrogen and oxygen atoms in total.